The minimum atomic E-state index is -0.172. The zero-order valence-corrected chi connectivity index (χ0v) is 15.4. The highest BCUT2D eigenvalue weighted by Crippen LogP contribution is 2.05. The van der Waals surface area contributed by atoms with Gasteiger partial charge in [-0.15, -0.1) is 24.0 Å². The third-order valence-corrected chi connectivity index (χ3v) is 2.84. The Balaban J connectivity index is 0.00000441. The molecule has 5 nitrogen and oxygen atoms in total. The number of benzene rings is 1. The topological polar surface area (TPSA) is 54.9 Å². The van der Waals surface area contributed by atoms with Gasteiger partial charge in [0.25, 0.3) is 0 Å². The number of rotatable bonds is 9. The summed E-state index contributed by atoms with van der Waals surface area (Å²) in [6.45, 7) is 3.03. The average molecular weight is 425 g/mol. The van der Waals surface area contributed by atoms with Crippen LogP contribution in [0.2, 0.25) is 0 Å². The van der Waals surface area contributed by atoms with Crippen LogP contribution < -0.4 is 10.6 Å². The molecule has 22 heavy (non-hydrogen) atoms. The van der Waals surface area contributed by atoms with Crippen LogP contribution in [0.3, 0.4) is 0 Å². The fourth-order valence-corrected chi connectivity index (χ4v) is 1.72. The molecule has 0 saturated carbocycles. The molecule has 0 bridgehead atoms. The number of guanidine groups is 1. The molecule has 0 heterocycles. The zero-order valence-electron chi connectivity index (χ0n) is 13.1. The van der Waals surface area contributed by atoms with E-state index in [-0.39, 0.29) is 29.8 Å². The molecule has 0 fully saturated rings. The van der Waals surface area contributed by atoms with E-state index in [1.807, 2.05) is 6.07 Å². The number of nitrogens with zero attached hydrogens (tertiary/aromatic N) is 1. The number of aliphatic imine (C=N–C) groups is 1. The van der Waals surface area contributed by atoms with Crippen molar-refractivity contribution < 1.29 is 13.9 Å². The molecule has 0 aliphatic carbocycles. The second-order valence-electron chi connectivity index (χ2n) is 4.37. The number of hydrogen-bond acceptors (Lipinski definition) is 3. The first-order valence-corrected chi connectivity index (χ1v) is 7.02. The van der Waals surface area contributed by atoms with Gasteiger partial charge in [0.2, 0.25) is 0 Å². The summed E-state index contributed by atoms with van der Waals surface area (Å²) >= 11 is 0. The first-order valence-electron chi connectivity index (χ1n) is 7.02. The van der Waals surface area contributed by atoms with Gasteiger partial charge < -0.3 is 20.1 Å². The van der Waals surface area contributed by atoms with Crippen molar-refractivity contribution in [2.45, 2.75) is 6.42 Å². The van der Waals surface area contributed by atoms with Crippen LogP contribution in [0.5, 0.6) is 0 Å². The molecule has 0 aliphatic rings. The van der Waals surface area contributed by atoms with Gasteiger partial charge in [0.15, 0.2) is 5.96 Å². The molecule has 0 radical (unpaired) electrons. The summed E-state index contributed by atoms with van der Waals surface area (Å²) in [6.07, 6.45) is 0.609. The van der Waals surface area contributed by atoms with E-state index in [1.54, 1.807) is 26.3 Å². The largest absolute Gasteiger partial charge is 0.382 e. The molecular formula is C15H25FIN3O2. The highest BCUT2D eigenvalue weighted by Gasteiger charge is 2.01. The summed E-state index contributed by atoms with van der Waals surface area (Å²) in [4.78, 5) is 4.10. The van der Waals surface area contributed by atoms with E-state index in [9.17, 15) is 4.39 Å². The highest BCUT2D eigenvalue weighted by molar-refractivity contribution is 14.0. The maximum absolute atomic E-state index is 13.4. The van der Waals surface area contributed by atoms with E-state index in [4.69, 9.17) is 9.47 Å². The fraction of sp³-hybridized carbons (Fsp3) is 0.533. The lowest BCUT2D eigenvalue weighted by atomic mass is 10.1. The van der Waals surface area contributed by atoms with Crippen LogP contribution in [-0.4, -0.2) is 53.0 Å². The summed E-state index contributed by atoms with van der Waals surface area (Å²) in [7, 11) is 3.34. The van der Waals surface area contributed by atoms with Crippen molar-refractivity contribution in [2.24, 2.45) is 4.99 Å². The lowest BCUT2D eigenvalue weighted by molar-refractivity contribution is 0.0733. The first kappa shape index (κ1) is 21.1. The van der Waals surface area contributed by atoms with Crippen molar-refractivity contribution in [3.8, 4) is 0 Å². The fourth-order valence-electron chi connectivity index (χ4n) is 1.72. The Hall–Kier alpha value is -0.930. The Labute approximate surface area is 148 Å². The van der Waals surface area contributed by atoms with Crippen molar-refractivity contribution in [1.82, 2.24) is 10.6 Å². The first-order chi connectivity index (χ1) is 10.3. The van der Waals surface area contributed by atoms with Gasteiger partial charge in [-0.3, -0.25) is 4.99 Å². The molecule has 1 rings (SSSR count). The maximum atomic E-state index is 13.4. The minimum absolute atomic E-state index is 0. The lowest BCUT2D eigenvalue weighted by Crippen LogP contribution is -2.40. The number of hydrogen-bond donors (Lipinski definition) is 2. The van der Waals surface area contributed by atoms with Crippen LogP contribution in [-0.2, 0) is 15.9 Å². The summed E-state index contributed by atoms with van der Waals surface area (Å²) in [5.41, 5.74) is 0.698. The third kappa shape index (κ3) is 9.16. The third-order valence-electron chi connectivity index (χ3n) is 2.84. The highest BCUT2D eigenvalue weighted by atomic mass is 127. The number of ether oxygens (including phenoxy) is 2. The van der Waals surface area contributed by atoms with Crippen molar-refractivity contribution in [3.63, 3.8) is 0 Å². The predicted octanol–water partition coefficient (Wildman–Crippen LogP) is 1.81. The summed E-state index contributed by atoms with van der Waals surface area (Å²) < 4.78 is 23.7. The van der Waals surface area contributed by atoms with Crippen LogP contribution >= 0.6 is 24.0 Å². The Morgan fingerprint density at radius 1 is 1.14 bits per heavy atom. The normalized spacial score (nSPS) is 11.0. The summed E-state index contributed by atoms with van der Waals surface area (Å²) in [5, 5.41) is 6.27. The van der Waals surface area contributed by atoms with Crippen LogP contribution in [0, 0.1) is 5.82 Å². The molecule has 0 saturated heterocycles. The monoisotopic (exact) mass is 425 g/mol. The molecule has 2 N–H and O–H groups in total. The van der Waals surface area contributed by atoms with Gasteiger partial charge in [-0.05, 0) is 18.1 Å². The SMILES string of the molecule is CN=C(NCCOCCOC)NCCc1ccccc1F.I. The molecule has 1 aromatic carbocycles. The average Bonchev–Trinajstić information content (AvgIpc) is 2.50. The van der Waals surface area contributed by atoms with Gasteiger partial charge in [-0.25, -0.2) is 4.39 Å². The predicted molar refractivity (Wildman–Crippen MR) is 97.6 cm³/mol. The molecule has 0 spiro atoms. The van der Waals surface area contributed by atoms with E-state index in [0.717, 1.165) is 0 Å². The van der Waals surface area contributed by atoms with E-state index in [2.05, 4.69) is 15.6 Å². The van der Waals surface area contributed by atoms with E-state index in [1.165, 1.54) is 6.07 Å². The van der Waals surface area contributed by atoms with Gasteiger partial charge in [-0.2, -0.15) is 0 Å². The second-order valence-corrected chi connectivity index (χ2v) is 4.37. The van der Waals surface area contributed by atoms with Crippen molar-refractivity contribution in [3.05, 3.63) is 35.6 Å². The van der Waals surface area contributed by atoms with Gasteiger partial charge in [0.1, 0.15) is 5.82 Å². The lowest BCUT2D eigenvalue weighted by Gasteiger charge is -2.12. The Bertz CT molecular complexity index is 433. The van der Waals surface area contributed by atoms with E-state index >= 15 is 0 Å². The van der Waals surface area contributed by atoms with Gasteiger partial charge >= 0.3 is 0 Å². The molecule has 0 amide bonds. The molecule has 126 valence electrons. The zero-order chi connectivity index (χ0) is 15.3. The van der Waals surface area contributed by atoms with Crippen molar-refractivity contribution in [1.29, 1.82) is 0 Å². The van der Waals surface area contributed by atoms with E-state index in [0.29, 0.717) is 50.9 Å². The Morgan fingerprint density at radius 3 is 2.55 bits per heavy atom. The molecule has 1 aromatic rings. The molecule has 0 aromatic heterocycles. The molecular weight excluding hydrogens is 400 g/mol. The molecule has 0 unspecified atom stereocenters. The van der Waals surface area contributed by atoms with Gasteiger partial charge in [0.05, 0.1) is 19.8 Å². The van der Waals surface area contributed by atoms with Crippen molar-refractivity contribution in [2.75, 3.05) is 47.1 Å². The number of nitrogens with one attached hydrogen (secondary N) is 2. The van der Waals surface area contributed by atoms with Gasteiger partial charge in [-0.1, -0.05) is 18.2 Å². The standard InChI is InChI=1S/C15H24FN3O2.HI/c1-17-15(19-9-10-21-12-11-20-2)18-8-7-13-5-3-4-6-14(13)16;/h3-6H,7-12H2,1-2H3,(H2,17,18,19);1H. The Kier molecular flexibility index (Phi) is 13.1. The Morgan fingerprint density at radius 2 is 1.86 bits per heavy atom. The van der Waals surface area contributed by atoms with E-state index < -0.39 is 0 Å². The second kappa shape index (κ2) is 13.7. The van der Waals surface area contributed by atoms with Crippen LogP contribution in [0.25, 0.3) is 0 Å². The van der Waals surface area contributed by atoms with Crippen LogP contribution in [0.15, 0.2) is 29.3 Å². The van der Waals surface area contributed by atoms with Crippen LogP contribution in [0.1, 0.15) is 5.56 Å². The smallest absolute Gasteiger partial charge is 0.191 e. The summed E-state index contributed by atoms with van der Waals surface area (Å²) in [6, 6.07) is 6.79. The maximum Gasteiger partial charge on any atom is 0.191 e. The minimum Gasteiger partial charge on any atom is -0.382 e. The van der Waals surface area contributed by atoms with Crippen molar-refractivity contribution >= 4 is 29.9 Å². The molecule has 0 atom stereocenters. The quantitative estimate of drug-likeness (QED) is 0.274. The number of methoxy groups -OCH3 is 1. The molecule has 0 aliphatic heterocycles. The summed E-state index contributed by atoms with van der Waals surface area (Å²) in [5.74, 6) is 0.510. The molecule has 7 heteroatoms. The van der Waals surface area contributed by atoms with Crippen LogP contribution in [0.4, 0.5) is 4.39 Å². The van der Waals surface area contributed by atoms with Gasteiger partial charge in [0, 0.05) is 27.2 Å². The number of halogens is 2.